The molecule has 1 N–H and O–H groups in total. The Kier molecular flexibility index (Phi) is 8.33. The summed E-state index contributed by atoms with van der Waals surface area (Å²) >= 11 is 0. The number of halogens is 1. The average molecular weight is 654 g/mol. The summed E-state index contributed by atoms with van der Waals surface area (Å²) in [7, 11) is 0. The first-order valence-electron chi connectivity index (χ1n) is 16.4. The predicted octanol–water partition coefficient (Wildman–Crippen LogP) is 4.85. The zero-order valence-electron chi connectivity index (χ0n) is 26.4. The van der Waals surface area contributed by atoms with Gasteiger partial charge in [0, 0.05) is 35.4 Å². The topological polar surface area (TPSA) is 130 Å². The molecular formula is C35H36FN7O5. The van der Waals surface area contributed by atoms with Gasteiger partial charge < -0.3 is 23.9 Å². The lowest BCUT2D eigenvalue weighted by atomic mass is 9.93. The van der Waals surface area contributed by atoms with E-state index in [-0.39, 0.29) is 36.1 Å². The highest BCUT2D eigenvalue weighted by Crippen LogP contribution is 2.30. The fourth-order valence-electron chi connectivity index (χ4n) is 6.53. The van der Waals surface area contributed by atoms with Crippen molar-refractivity contribution in [2.24, 2.45) is 0 Å². The third-order valence-electron chi connectivity index (χ3n) is 9.60. The fourth-order valence-corrected chi connectivity index (χ4v) is 6.53. The van der Waals surface area contributed by atoms with Gasteiger partial charge in [0.05, 0.1) is 55.2 Å². The van der Waals surface area contributed by atoms with E-state index in [1.165, 1.54) is 6.07 Å². The third kappa shape index (κ3) is 6.28. The first-order valence-corrected chi connectivity index (χ1v) is 16.4. The van der Waals surface area contributed by atoms with Crippen LogP contribution in [0.4, 0.5) is 4.39 Å². The molecule has 48 heavy (non-hydrogen) atoms. The zero-order chi connectivity index (χ0) is 32.6. The summed E-state index contributed by atoms with van der Waals surface area (Å²) in [5.41, 5.74) is 4.56. The van der Waals surface area contributed by atoms with Crippen molar-refractivity contribution in [1.29, 1.82) is 0 Å². The van der Waals surface area contributed by atoms with Crippen LogP contribution in [0.1, 0.15) is 58.7 Å². The molecular weight excluding hydrogens is 617 g/mol. The van der Waals surface area contributed by atoms with E-state index in [0.29, 0.717) is 49.0 Å². The smallest absolute Gasteiger partial charge is 0.335 e. The van der Waals surface area contributed by atoms with E-state index in [9.17, 15) is 9.90 Å². The molecule has 0 unspecified atom stereocenters. The number of nitrogens with zero attached hydrogens (tertiary/aromatic N) is 7. The van der Waals surface area contributed by atoms with E-state index in [2.05, 4.69) is 19.8 Å². The lowest BCUT2D eigenvalue weighted by Crippen LogP contribution is -2.35. The van der Waals surface area contributed by atoms with Crippen molar-refractivity contribution in [3.8, 4) is 17.1 Å². The average Bonchev–Trinajstić information content (AvgIpc) is 3.66. The number of piperidine rings is 1. The van der Waals surface area contributed by atoms with E-state index in [1.807, 2.05) is 24.4 Å². The molecule has 5 aromatic rings. The molecule has 0 bridgehead atoms. The minimum absolute atomic E-state index is 0.0635. The van der Waals surface area contributed by atoms with Gasteiger partial charge in [0.2, 0.25) is 5.88 Å². The van der Waals surface area contributed by atoms with Gasteiger partial charge in [-0.2, -0.15) is 0 Å². The molecule has 3 aromatic heterocycles. The van der Waals surface area contributed by atoms with Gasteiger partial charge in [0.15, 0.2) is 0 Å². The number of fused-ring (bicyclic) bond motifs is 1. The second-order valence-corrected chi connectivity index (χ2v) is 12.7. The fraction of sp³-hybridized carbons (Fsp3) is 0.400. The highest BCUT2D eigenvalue weighted by Gasteiger charge is 2.27. The molecule has 0 amide bonds. The standard InChI is InChI=1S/C35H36FN7O5/c36-28-14-23(31-17-43(40-39-31)26-20-46-21-26)4-5-25(28)19-48-34-3-1-2-29(38-34)22-8-11-41(12-9-22)18-33-37-30-7-6-24(35(44)45)15-32(30)42(33)16-27-10-13-47-27/h1-7,14-15,17,22,26-27H,8-13,16,18-21H2,(H,44,45)/t27-/m0/s1. The normalized spacial score (nSPS) is 18.9. The van der Waals surface area contributed by atoms with E-state index in [1.54, 1.807) is 35.0 Å². The summed E-state index contributed by atoms with van der Waals surface area (Å²) in [5, 5.41) is 17.9. The van der Waals surface area contributed by atoms with Crippen LogP contribution >= 0.6 is 0 Å². The number of carbonyl (C=O) groups is 1. The van der Waals surface area contributed by atoms with E-state index < -0.39 is 5.97 Å². The first kappa shape index (κ1) is 30.6. The van der Waals surface area contributed by atoms with Crippen molar-refractivity contribution < 1.29 is 28.5 Å². The van der Waals surface area contributed by atoms with Gasteiger partial charge in [-0.3, -0.25) is 4.90 Å². The van der Waals surface area contributed by atoms with Crippen LogP contribution in [0.5, 0.6) is 5.88 Å². The highest BCUT2D eigenvalue weighted by atomic mass is 19.1. The summed E-state index contributed by atoms with van der Waals surface area (Å²) in [6.45, 7) is 5.13. The molecule has 0 spiro atoms. The highest BCUT2D eigenvalue weighted by molar-refractivity contribution is 5.92. The first-order chi connectivity index (χ1) is 23.5. The van der Waals surface area contributed by atoms with Crippen molar-refractivity contribution >= 4 is 17.0 Å². The molecule has 3 saturated heterocycles. The van der Waals surface area contributed by atoms with E-state index in [4.69, 9.17) is 24.2 Å². The largest absolute Gasteiger partial charge is 0.478 e. The number of carboxylic acid groups (broad SMARTS) is 1. The van der Waals surface area contributed by atoms with Crippen molar-refractivity contribution in [2.45, 2.75) is 57.0 Å². The van der Waals surface area contributed by atoms with Crippen molar-refractivity contribution in [3.05, 3.63) is 89.3 Å². The van der Waals surface area contributed by atoms with Gasteiger partial charge in [-0.05, 0) is 62.7 Å². The van der Waals surface area contributed by atoms with Gasteiger partial charge in [-0.15, -0.1) is 5.10 Å². The minimum Gasteiger partial charge on any atom is -0.478 e. The molecule has 8 rings (SSSR count). The van der Waals surface area contributed by atoms with E-state index in [0.717, 1.165) is 61.5 Å². The number of likely N-dealkylation sites (tertiary alicyclic amines) is 1. The Morgan fingerprint density at radius 2 is 1.90 bits per heavy atom. The Morgan fingerprint density at radius 3 is 2.62 bits per heavy atom. The van der Waals surface area contributed by atoms with Gasteiger partial charge in [-0.1, -0.05) is 23.4 Å². The van der Waals surface area contributed by atoms with Gasteiger partial charge in [0.1, 0.15) is 30.0 Å². The van der Waals surface area contributed by atoms with Crippen molar-refractivity contribution in [2.75, 3.05) is 32.9 Å². The Hall–Kier alpha value is -4.72. The Morgan fingerprint density at radius 1 is 1.04 bits per heavy atom. The van der Waals surface area contributed by atoms with Crippen LogP contribution in [0.25, 0.3) is 22.3 Å². The second-order valence-electron chi connectivity index (χ2n) is 12.7. The Bertz CT molecular complexity index is 1940. The molecule has 2 aromatic carbocycles. The molecule has 0 radical (unpaired) electrons. The maximum absolute atomic E-state index is 15.0. The lowest BCUT2D eigenvalue weighted by molar-refractivity contribution is -0.0592. The van der Waals surface area contributed by atoms with Gasteiger partial charge >= 0.3 is 5.97 Å². The molecule has 3 aliphatic heterocycles. The maximum atomic E-state index is 15.0. The second kappa shape index (κ2) is 13.1. The minimum atomic E-state index is -0.949. The number of hydrogen-bond acceptors (Lipinski definition) is 9. The van der Waals surface area contributed by atoms with Crippen LogP contribution in [0, 0.1) is 5.82 Å². The summed E-state index contributed by atoms with van der Waals surface area (Å²) in [4.78, 5) is 23.7. The van der Waals surface area contributed by atoms with Crippen molar-refractivity contribution in [3.63, 3.8) is 0 Å². The summed E-state index contributed by atoms with van der Waals surface area (Å²) in [6, 6.07) is 16.1. The quantitative estimate of drug-likeness (QED) is 0.211. The Balaban J connectivity index is 0.886. The van der Waals surface area contributed by atoms with Crippen LogP contribution in [0.3, 0.4) is 0 Å². The monoisotopic (exact) mass is 653 g/mol. The molecule has 3 fully saturated rings. The van der Waals surface area contributed by atoms with Gasteiger partial charge in [0.25, 0.3) is 0 Å². The van der Waals surface area contributed by atoms with Crippen LogP contribution < -0.4 is 4.74 Å². The summed E-state index contributed by atoms with van der Waals surface area (Å²) in [6.07, 6.45) is 4.79. The number of rotatable bonds is 11. The number of benzene rings is 2. The predicted molar refractivity (Wildman–Crippen MR) is 172 cm³/mol. The molecule has 13 heteroatoms. The molecule has 6 heterocycles. The van der Waals surface area contributed by atoms with Crippen LogP contribution in [0.15, 0.2) is 60.8 Å². The van der Waals surface area contributed by atoms with Gasteiger partial charge in [-0.25, -0.2) is 23.8 Å². The van der Waals surface area contributed by atoms with E-state index >= 15 is 4.39 Å². The summed E-state index contributed by atoms with van der Waals surface area (Å²) < 4.78 is 35.8. The zero-order valence-corrected chi connectivity index (χ0v) is 26.4. The molecule has 3 aliphatic rings. The van der Waals surface area contributed by atoms with Crippen LogP contribution in [0.2, 0.25) is 0 Å². The van der Waals surface area contributed by atoms with Crippen LogP contribution in [-0.4, -0.2) is 84.5 Å². The van der Waals surface area contributed by atoms with Crippen molar-refractivity contribution in [1.82, 2.24) is 34.4 Å². The number of aromatic carboxylic acids is 1. The maximum Gasteiger partial charge on any atom is 0.335 e. The molecule has 248 valence electrons. The number of pyridine rings is 1. The van der Waals surface area contributed by atoms with Crippen LogP contribution in [-0.2, 0) is 29.2 Å². The third-order valence-corrected chi connectivity index (χ3v) is 9.60. The number of aromatic nitrogens is 6. The number of carboxylic acids is 1. The molecule has 0 saturated carbocycles. The Labute approximate surface area is 276 Å². The molecule has 12 nitrogen and oxygen atoms in total. The molecule has 1 atom stereocenters. The summed E-state index contributed by atoms with van der Waals surface area (Å²) in [5.74, 6) is 0.354. The SMILES string of the molecule is O=C(O)c1ccc2nc(CN3CCC(c4cccc(OCc5ccc(-c6cn(C7COC7)nn6)cc5F)n4)CC3)n(C[C@@H]3CCO3)c2c1. The number of hydrogen-bond donors (Lipinski definition) is 1. The molecule has 0 aliphatic carbocycles. The number of imidazole rings is 1. The lowest BCUT2D eigenvalue weighted by Gasteiger charge is -2.32. The number of ether oxygens (including phenoxy) is 3.